The molecule has 0 bridgehead atoms. The second-order valence-corrected chi connectivity index (χ2v) is 5.24. The van der Waals surface area contributed by atoms with Gasteiger partial charge in [0.2, 0.25) is 0 Å². The van der Waals surface area contributed by atoms with Gasteiger partial charge in [0.25, 0.3) is 0 Å². The summed E-state index contributed by atoms with van der Waals surface area (Å²) in [6.45, 7) is 9.26. The Labute approximate surface area is 116 Å². The molecule has 0 amide bonds. The van der Waals surface area contributed by atoms with Crippen molar-refractivity contribution in [1.82, 2.24) is 0 Å². The van der Waals surface area contributed by atoms with E-state index in [9.17, 15) is 0 Å². The van der Waals surface area contributed by atoms with Crippen LogP contribution in [0.25, 0.3) is 0 Å². The van der Waals surface area contributed by atoms with E-state index < -0.39 is 0 Å². The van der Waals surface area contributed by atoms with E-state index in [2.05, 4.69) is 13.8 Å². The van der Waals surface area contributed by atoms with Gasteiger partial charge in [0.1, 0.15) is 10.7 Å². The van der Waals surface area contributed by atoms with Crippen LogP contribution in [0, 0.1) is 19.8 Å². The summed E-state index contributed by atoms with van der Waals surface area (Å²) in [5.74, 6) is 1.60. The van der Waals surface area contributed by atoms with E-state index in [0.717, 1.165) is 41.9 Å². The van der Waals surface area contributed by atoms with Crippen molar-refractivity contribution < 1.29 is 4.74 Å². The highest BCUT2D eigenvalue weighted by molar-refractivity contribution is 7.80. The quantitative estimate of drug-likeness (QED) is 0.796. The van der Waals surface area contributed by atoms with Crippen LogP contribution in [0.2, 0.25) is 0 Å². The smallest absolute Gasteiger partial charge is 0.125 e. The molecule has 0 aliphatic rings. The summed E-state index contributed by atoms with van der Waals surface area (Å²) in [4.78, 5) is 0.438. The number of rotatable bonds is 6. The van der Waals surface area contributed by atoms with E-state index in [4.69, 9.17) is 22.7 Å². The molecule has 0 heterocycles. The molecule has 0 saturated carbocycles. The maximum absolute atomic E-state index is 5.96. The lowest BCUT2D eigenvalue weighted by Crippen LogP contribution is -2.13. The van der Waals surface area contributed by atoms with Crippen LogP contribution >= 0.6 is 12.2 Å². The molecule has 1 rings (SSSR count). The molecule has 1 aromatic rings. The van der Waals surface area contributed by atoms with Gasteiger partial charge in [-0.25, -0.2) is 0 Å². The first-order chi connectivity index (χ1) is 8.49. The van der Waals surface area contributed by atoms with Gasteiger partial charge in [-0.2, -0.15) is 0 Å². The Morgan fingerprint density at radius 2 is 1.72 bits per heavy atom. The Morgan fingerprint density at radius 1 is 1.22 bits per heavy atom. The Hall–Kier alpha value is -1.09. The molecule has 0 aliphatic heterocycles. The Balaban J connectivity index is 2.87. The molecule has 0 saturated heterocycles. The van der Waals surface area contributed by atoms with Crippen LogP contribution in [0.4, 0.5) is 0 Å². The first kappa shape index (κ1) is 15.0. The zero-order chi connectivity index (χ0) is 13.7. The summed E-state index contributed by atoms with van der Waals surface area (Å²) in [5.41, 5.74) is 8.77. The van der Waals surface area contributed by atoms with Crippen molar-refractivity contribution in [3.63, 3.8) is 0 Å². The summed E-state index contributed by atoms with van der Waals surface area (Å²) in [6, 6.07) is 4.00. The van der Waals surface area contributed by atoms with Crippen LogP contribution in [0.1, 0.15) is 43.4 Å². The average molecular weight is 265 g/mol. The van der Waals surface area contributed by atoms with Gasteiger partial charge in [-0.15, -0.1) is 0 Å². The van der Waals surface area contributed by atoms with E-state index in [-0.39, 0.29) is 0 Å². The topological polar surface area (TPSA) is 35.2 Å². The molecule has 0 spiro atoms. The fourth-order valence-corrected chi connectivity index (χ4v) is 2.16. The molecule has 18 heavy (non-hydrogen) atoms. The number of nitrogens with two attached hydrogens (primary N) is 1. The van der Waals surface area contributed by atoms with Crippen LogP contribution in [0.3, 0.4) is 0 Å². The summed E-state index contributed by atoms with van der Waals surface area (Å²) < 4.78 is 5.96. The second kappa shape index (κ2) is 6.74. The van der Waals surface area contributed by atoms with Crippen molar-refractivity contribution >= 4 is 17.2 Å². The Bertz CT molecular complexity index is 401. The van der Waals surface area contributed by atoms with E-state index in [0.29, 0.717) is 10.9 Å². The van der Waals surface area contributed by atoms with Gasteiger partial charge in [-0.05, 0) is 43.0 Å². The summed E-state index contributed by atoms with van der Waals surface area (Å²) in [5, 5.41) is 0. The number of thiocarbonyl (C=S) groups is 1. The number of aryl methyl sites for hydroxylation is 2. The molecule has 2 N–H and O–H groups in total. The molecular formula is C15H23NOS. The van der Waals surface area contributed by atoms with Crippen molar-refractivity contribution in [1.29, 1.82) is 0 Å². The lowest BCUT2D eigenvalue weighted by molar-refractivity contribution is 0.238. The third-order valence-corrected chi connectivity index (χ3v) is 3.60. The molecule has 100 valence electrons. The van der Waals surface area contributed by atoms with Crippen LogP contribution in [0.15, 0.2) is 12.1 Å². The van der Waals surface area contributed by atoms with Gasteiger partial charge in [0.15, 0.2) is 0 Å². The molecule has 0 aromatic heterocycles. The van der Waals surface area contributed by atoms with Crippen LogP contribution < -0.4 is 10.5 Å². The van der Waals surface area contributed by atoms with Gasteiger partial charge >= 0.3 is 0 Å². The second-order valence-electron chi connectivity index (χ2n) is 4.80. The molecule has 2 nitrogen and oxygen atoms in total. The van der Waals surface area contributed by atoms with Gasteiger partial charge in [0, 0.05) is 5.56 Å². The van der Waals surface area contributed by atoms with Crippen molar-refractivity contribution in [3.8, 4) is 5.75 Å². The summed E-state index contributed by atoms with van der Waals surface area (Å²) in [7, 11) is 0. The molecular weight excluding hydrogens is 242 g/mol. The molecule has 1 aromatic carbocycles. The third kappa shape index (κ3) is 3.70. The molecule has 3 heteroatoms. The van der Waals surface area contributed by atoms with Crippen LogP contribution in [-0.4, -0.2) is 11.6 Å². The summed E-state index contributed by atoms with van der Waals surface area (Å²) >= 11 is 5.01. The van der Waals surface area contributed by atoms with E-state index >= 15 is 0 Å². The Kier molecular flexibility index (Phi) is 5.60. The SMILES string of the molecule is CCC(CC)COc1c(C)cc(C(N)=S)cc1C. The predicted octanol–water partition coefficient (Wildman–Crippen LogP) is 3.75. The number of hydrogen-bond acceptors (Lipinski definition) is 2. The lowest BCUT2D eigenvalue weighted by Gasteiger charge is -2.17. The molecule has 0 unspecified atom stereocenters. The molecule has 0 aliphatic carbocycles. The van der Waals surface area contributed by atoms with Crippen molar-refractivity contribution in [3.05, 3.63) is 28.8 Å². The highest BCUT2D eigenvalue weighted by Gasteiger charge is 2.10. The standard InChI is InChI=1S/C15H23NOS/c1-5-12(6-2)9-17-14-10(3)7-13(15(16)18)8-11(14)4/h7-8,12H,5-6,9H2,1-4H3,(H2,16,18). The third-order valence-electron chi connectivity index (χ3n) is 3.36. The van der Waals surface area contributed by atoms with Crippen LogP contribution in [-0.2, 0) is 0 Å². The van der Waals surface area contributed by atoms with Crippen molar-refractivity contribution in [2.75, 3.05) is 6.61 Å². The fraction of sp³-hybridized carbons (Fsp3) is 0.533. The molecule has 0 atom stereocenters. The van der Waals surface area contributed by atoms with Gasteiger partial charge in [0.05, 0.1) is 6.61 Å². The predicted molar refractivity (Wildman–Crippen MR) is 81.4 cm³/mol. The largest absolute Gasteiger partial charge is 0.493 e. The number of ether oxygens (including phenoxy) is 1. The van der Waals surface area contributed by atoms with Gasteiger partial charge in [-0.3, -0.25) is 0 Å². The average Bonchev–Trinajstić information content (AvgIpc) is 2.32. The Morgan fingerprint density at radius 3 is 2.11 bits per heavy atom. The first-order valence-corrected chi connectivity index (χ1v) is 6.94. The van der Waals surface area contributed by atoms with Gasteiger partial charge < -0.3 is 10.5 Å². The number of benzene rings is 1. The maximum atomic E-state index is 5.96. The van der Waals surface area contributed by atoms with E-state index in [1.165, 1.54) is 0 Å². The number of hydrogen-bond donors (Lipinski definition) is 1. The van der Waals surface area contributed by atoms with E-state index in [1.807, 2.05) is 26.0 Å². The fourth-order valence-electron chi connectivity index (χ4n) is 2.05. The minimum atomic E-state index is 0.438. The van der Waals surface area contributed by atoms with Gasteiger partial charge in [-0.1, -0.05) is 38.9 Å². The lowest BCUT2D eigenvalue weighted by atomic mass is 10.0. The monoisotopic (exact) mass is 265 g/mol. The molecule has 0 radical (unpaired) electrons. The minimum Gasteiger partial charge on any atom is -0.493 e. The highest BCUT2D eigenvalue weighted by atomic mass is 32.1. The normalized spacial score (nSPS) is 10.7. The van der Waals surface area contributed by atoms with Crippen molar-refractivity contribution in [2.24, 2.45) is 11.7 Å². The maximum Gasteiger partial charge on any atom is 0.125 e. The van der Waals surface area contributed by atoms with Crippen LogP contribution in [0.5, 0.6) is 5.75 Å². The van der Waals surface area contributed by atoms with E-state index in [1.54, 1.807) is 0 Å². The zero-order valence-electron chi connectivity index (χ0n) is 11.7. The zero-order valence-corrected chi connectivity index (χ0v) is 12.6. The summed E-state index contributed by atoms with van der Waals surface area (Å²) in [6.07, 6.45) is 2.30. The minimum absolute atomic E-state index is 0.438. The highest BCUT2D eigenvalue weighted by Crippen LogP contribution is 2.26. The molecule has 0 fully saturated rings. The first-order valence-electron chi connectivity index (χ1n) is 6.53. The van der Waals surface area contributed by atoms with Crippen molar-refractivity contribution in [2.45, 2.75) is 40.5 Å².